The van der Waals surface area contributed by atoms with Crippen molar-refractivity contribution in [3.05, 3.63) is 46.2 Å². The number of aromatic nitrogens is 1. The summed E-state index contributed by atoms with van der Waals surface area (Å²) in [5.74, 6) is 0.565. The highest BCUT2D eigenvalue weighted by Crippen LogP contribution is 2.35. The van der Waals surface area contributed by atoms with Crippen molar-refractivity contribution in [3.63, 3.8) is 0 Å². The molecule has 0 N–H and O–H groups in total. The van der Waals surface area contributed by atoms with Gasteiger partial charge in [0.25, 0.3) is 0 Å². The van der Waals surface area contributed by atoms with E-state index in [4.69, 9.17) is 33.2 Å². The number of ether oxygens (including phenoxy) is 1. The van der Waals surface area contributed by atoms with Crippen LogP contribution in [0.2, 0.25) is 10.0 Å². The van der Waals surface area contributed by atoms with Crippen LogP contribution in [0.15, 0.2) is 30.6 Å². The third kappa shape index (κ3) is 2.81. The van der Waals surface area contributed by atoms with Crippen LogP contribution in [-0.4, -0.2) is 12.1 Å². The average molecular weight is 293 g/mol. The maximum atomic E-state index is 8.95. The van der Waals surface area contributed by atoms with Crippen molar-refractivity contribution < 1.29 is 4.74 Å². The minimum absolute atomic E-state index is 0.212. The summed E-state index contributed by atoms with van der Waals surface area (Å²) in [7, 11) is 1.54. The Hall–Kier alpha value is -1.76. The van der Waals surface area contributed by atoms with Gasteiger partial charge in [-0.25, -0.2) is 0 Å². The predicted octanol–water partition coefficient (Wildman–Crippen LogP) is 4.13. The van der Waals surface area contributed by atoms with Gasteiger partial charge in [0.05, 0.1) is 25.8 Å². The molecule has 0 aliphatic rings. The number of halogens is 2. The largest absolute Gasteiger partial charge is 0.495 e. The van der Waals surface area contributed by atoms with E-state index in [1.807, 2.05) is 0 Å². The van der Waals surface area contributed by atoms with Crippen LogP contribution in [0.1, 0.15) is 5.56 Å². The van der Waals surface area contributed by atoms with Crippen molar-refractivity contribution in [2.75, 3.05) is 7.11 Å². The summed E-state index contributed by atoms with van der Waals surface area (Å²) in [6.45, 7) is 0. The number of hydrogen-bond acceptors (Lipinski definition) is 3. The number of pyridine rings is 1. The van der Waals surface area contributed by atoms with Gasteiger partial charge >= 0.3 is 0 Å². The third-order valence-electron chi connectivity index (χ3n) is 2.71. The standard InChI is InChI=1S/C14H10Cl2N2O/c1-19-14-8-18-7-12(10(14)4-5-17)11-6-9(15)2-3-13(11)16/h2-3,6-8H,4H2,1H3. The van der Waals surface area contributed by atoms with Crippen LogP contribution in [0.3, 0.4) is 0 Å². The van der Waals surface area contributed by atoms with E-state index < -0.39 is 0 Å². The number of nitrogens with zero attached hydrogens (tertiary/aromatic N) is 2. The van der Waals surface area contributed by atoms with E-state index >= 15 is 0 Å². The second kappa shape index (κ2) is 5.92. The first kappa shape index (κ1) is 13.7. The molecule has 1 aromatic carbocycles. The van der Waals surface area contributed by atoms with Crippen molar-refractivity contribution in [2.24, 2.45) is 0 Å². The van der Waals surface area contributed by atoms with Crippen molar-refractivity contribution in [1.82, 2.24) is 4.98 Å². The summed E-state index contributed by atoms with van der Waals surface area (Å²) >= 11 is 12.2. The molecular weight excluding hydrogens is 283 g/mol. The molecule has 0 unspecified atom stereocenters. The van der Waals surface area contributed by atoms with E-state index in [1.54, 1.807) is 37.7 Å². The fourth-order valence-electron chi connectivity index (χ4n) is 1.84. The zero-order valence-corrected chi connectivity index (χ0v) is 11.7. The van der Waals surface area contributed by atoms with Crippen LogP contribution in [0.25, 0.3) is 11.1 Å². The molecule has 0 atom stereocenters. The van der Waals surface area contributed by atoms with Crippen LogP contribution in [0.5, 0.6) is 5.75 Å². The Morgan fingerprint density at radius 2 is 2.05 bits per heavy atom. The van der Waals surface area contributed by atoms with E-state index in [0.29, 0.717) is 15.8 Å². The lowest BCUT2D eigenvalue weighted by Gasteiger charge is -2.12. The minimum Gasteiger partial charge on any atom is -0.495 e. The topological polar surface area (TPSA) is 45.9 Å². The van der Waals surface area contributed by atoms with Gasteiger partial charge < -0.3 is 4.74 Å². The number of methoxy groups -OCH3 is 1. The Morgan fingerprint density at radius 1 is 1.26 bits per heavy atom. The van der Waals surface area contributed by atoms with E-state index in [1.165, 1.54) is 0 Å². The van der Waals surface area contributed by atoms with E-state index in [-0.39, 0.29) is 6.42 Å². The summed E-state index contributed by atoms with van der Waals surface area (Å²) in [6.07, 6.45) is 3.45. The molecule has 1 heterocycles. The summed E-state index contributed by atoms with van der Waals surface area (Å²) in [5.41, 5.74) is 2.25. The molecule has 19 heavy (non-hydrogen) atoms. The molecule has 0 radical (unpaired) electrons. The fraction of sp³-hybridized carbons (Fsp3) is 0.143. The first-order chi connectivity index (χ1) is 9.17. The lowest BCUT2D eigenvalue weighted by atomic mass is 9.99. The van der Waals surface area contributed by atoms with Crippen molar-refractivity contribution >= 4 is 23.2 Å². The van der Waals surface area contributed by atoms with Crippen molar-refractivity contribution in [2.45, 2.75) is 6.42 Å². The molecule has 0 saturated heterocycles. The highest BCUT2D eigenvalue weighted by molar-refractivity contribution is 6.35. The average Bonchev–Trinajstić information content (AvgIpc) is 2.42. The molecule has 5 heteroatoms. The van der Waals surface area contributed by atoms with Crippen molar-refractivity contribution in [3.8, 4) is 22.9 Å². The SMILES string of the molecule is COc1cncc(-c2cc(Cl)ccc2Cl)c1CC#N. The maximum absolute atomic E-state index is 8.95. The minimum atomic E-state index is 0.212. The summed E-state index contributed by atoms with van der Waals surface area (Å²) in [6, 6.07) is 7.30. The molecule has 0 fully saturated rings. The number of hydrogen-bond donors (Lipinski definition) is 0. The normalized spacial score (nSPS) is 10.0. The number of nitriles is 1. The second-order valence-electron chi connectivity index (χ2n) is 3.83. The lowest BCUT2D eigenvalue weighted by molar-refractivity contribution is 0.409. The predicted molar refractivity (Wildman–Crippen MR) is 75.6 cm³/mol. The molecule has 96 valence electrons. The summed E-state index contributed by atoms with van der Waals surface area (Å²) in [5, 5.41) is 10.1. The fourth-order valence-corrected chi connectivity index (χ4v) is 2.23. The molecule has 2 rings (SSSR count). The van der Waals surface area contributed by atoms with Crippen LogP contribution >= 0.6 is 23.2 Å². The molecule has 0 amide bonds. The van der Waals surface area contributed by atoms with Gasteiger partial charge in [0, 0.05) is 32.9 Å². The van der Waals surface area contributed by atoms with Gasteiger partial charge in [0.1, 0.15) is 5.75 Å². The van der Waals surface area contributed by atoms with E-state index in [9.17, 15) is 0 Å². The molecule has 0 saturated carbocycles. The number of benzene rings is 1. The van der Waals surface area contributed by atoms with Crippen LogP contribution < -0.4 is 4.74 Å². The summed E-state index contributed by atoms with van der Waals surface area (Å²) in [4.78, 5) is 4.11. The van der Waals surface area contributed by atoms with Crippen LogP contribution in [-0.2, 0) is 6.42 Å². The Bertz CT molecular complexity index is 650. The quantitative estimate of drug-likeness (QED) is 0.854. The molecular formula is C14H10Cl2N2O. The Kier molecular flexibility index (Phi) is 4.26. The van der Waals surface area contributed by atoms with E-state index in [0.717, 1.165) is 16.7 Å². The highest BCUT2D eigenvalue weighted by atomic mass is 35.5. The van der Waals surface area contributed by atoms with Crippen LogP contribution in [0, 0.1) is 11.3 Å². The van der Waals surface area contributed by atoms with Gasteiger partial charge in [0.2, 0.25) is 0 Å². The molecule has 1 aromatic heterocycles. The van der Waals surface area contributed by atoms with Gasteiger partial charge in [-0.2, -0.15) is 5.26 Å². The Labute approximate surface area is 121 Å². The first-order valence-corrected chi connectivity index (χ1v) is 6.26. The first-order valence-electron chi connectivity index (χ1n) is 5.50. The lowest BCUT2D eigenvalue weighted by Crippen LogP contribution is -1.96. The van der Waals surface area contributed by atoms with Crippen molar-refractivity contribution in [1.29, 1.82) is 5.26 Å². The van der Waals surface area contributed by atoms with Gasteiger partial charge in [-0.1, -0.05) is 23.2 Å². The van der Waals surface area contributed by atoms with Gasteiger partial charge in [0.15, 0.2) is 0 Å². The molecule has 0 bridgehead atoms. The molecule has 0 aliphatic carbocycles. The Balaban J connectivity index is 2.68. The van der Waals surface area contributed by atoms with Crippen LogP contribution in [0.4, 0.5) is 0 Å². The molecule has 0 spiro atoms. The highest BCUT2D eigenvalue weighted by Gasteiger charge is 2.14. The molecule has 0 aliphatic heterocycles. The Morgan fingerprint density at radius 3 is 2.74 bits per heavy atom. The monoisotopic (exact) mass is 292 g/mol. The van der Waals surface area contributed by atoms with Gasteiger partial charge in [-0.3, -0.25) is 4.98 Å². The molecule has 3 nitrogen and oxygen atoms in total. The van der Waals surface area contributed by atoms with Gasteiger partial charge in [-0.15, -0.1) is 0 Å². The smallest absolute Gasteiger partial charge is 0.141 e. The maximum Gasteiger partial charge on any atom is 0.141 e. The zero-order valence-electron chi connectivity index (χ0n) is 10.2. The third-order valence-corrected chi connectivity index (χ3v) is 3.28. The molecule has 2 aromatic rings. The number of rotatable bonds is 3. The van der Waals surface area contributed by atoms with Gasteiger partial charge in [-0.05, 0) is 18.2 Å². The second-order valence-corrected chi connectivity index (χ2v) is 4.67. The summed E-state index contributed by atoms with van der Waals surface area (Å²) < 4.78 is 5.24. The zero-order chi connectivity index (χ0) is 13.8. The van der Waals surface area contributed by atoms with E-state index in [2.05, 4.69) is 11.1 Å².